The minimum Gasteiger partial charge on any atom is -0.358 e. The molecular weight excluding hydrogens is 622 g/mol. The van der Waals surface area contributed by atoms with Crippen LogP contribution in [0.2, 0.25) is 0 Å². The molecular formula is C37H78Y2-4. The molecule has 2 rings (SSSR count). The number of hydrogen-bond donors (Lipinski definition) is 0. The second-order valence-corrected chi connectivity index (χ2v) is 6.66. The summed E-state index contributed by atoms with van der Waals surface area (Å²) in [4.78, 5) is 0. The van der Waals surface area contributed by atoms with Crippen LogP contribution in [0.25, 0.3) is 0 Å². The molecule has 2 radical (unpaired) electrons. The van der Waals surface area contributed by atoms with Gasteiger partial charge >= 0.3 is 0 Å². The zero-order valence-electron chi connectivity index (χ0n) is 26.8. The van der Waals surface area contributed by atoms with Crippen LogP contribution in [0.1, 0.15) is 141 Å². The Labute approximate surface area is 306 Å². The van der Waals surface area contributed by atoms with E-state index in [1.807, 2.05) is 27.7 Å². The Hall–Kier alpha value is 0.648. The third-order valence-electron chi connectivity index (χ3n) is 4.47. The molecule has 0 spiro atoms. The van der Waals surface area contributed by atoms with Crippen LogP contribution in [0.4, 0.5) is 0 Å². The molecule has 0 nitrogen and oxygen atoms in total. The van der Waals surface area contributed by atoms with Crippen LogP contribution in [-0.2, 0) is 91.1 Å². The molecule has 2 aromatic rings. The molecule has 2 heteroatoms. The maximum absolute atomic E-state index is 3.60. The molecule has 0 heterocycles. The van der Waals surface area contributed by atoms with Gasteiger partial charge in [0, 0.05) is 66.8 Å². The fourth-order valence-corrected chi connectivity index (χ4v) is 2.49. The fraction of sp³-hybridized carbons (Fsp3) is 0.568. The average molecular weight is 702 g/mol. The average Bonchev–Trinajstić information content (AvgIpc) is 2.91. The van der Waals surface area contributed by atoms with Crippen molar-refractivity contribution in [2.75, 3.05) is 0 Å². The second kappa shape index (κ2) is 66.7. The first kappa shape index (κ1) is 72.2. The summed E-state index contributed by atoms with van der Waals surface area (Å²) in [5.74, 6) is 0. The van der Waals surface area contributed by atoms with Gasteiger partial charge in [0.1, 0.15) is 0 Å². The van der Waals surface area contributed by atoms with E-state index in [0.29, 0.717) is 0 Å². The van der Waals surface area contributed by atoms with Gasteiger partial charge in [0.05, 0.1) is 0 Å². The van der Waals surface area contributed by atoms with Gasteiger partial charge in [0.2, 0.25) is 0 Å². The largest absolute Gasteiger partial charge is 0.358 e. The Balaban J connectivity index is -0.0000000248. The van der Waals surface area contributed by atoms with E-state index in [-0.39, 0.29) is 104 Å². The molecule has 0 saturated carbocycles. The summed E-state index contributed by atoms with van der Waals surface area (Å²) in [6, 6.07) is 17.3. The van der Waals surface area contributed by atoms with Gasteiger partial charge in [-0.05, 0) is 47.9 Å². The Morgan fingerprint density at radius 1 is 0.462 bits per heavy atom. The van der Waals surface area contributed by atoms with Gasteiger partial charge in [-0.25, -0.2) is 0 Å². The molecule has 0 aliphatic carbocycles. The predicted molar refractivity (Wildman–Crippen MR) is 189 cm³/mol. The molecule has 0 aliphatic heterocycles. The number of unbranched alkanes of at least 4 members (excludes halogenated alkanes) is 2. The third-order valence-corrected chi connectivity index (χ3v) is 4.47. The molecule has 0 bridgehead atoms. The molecule has 2 aromatic carbocycles. The van der Waals surface area contributed by atoms with E-state index in [0.717, 1.165) is 38.5 Å². The van der Waals surface area contributed by atoms with Gasteiger partial charge in [0.25, 0.3) is 0 Å². The second-order valence-electron chi connectivity index (χ2n) is 6.66. The summed E-state index contributed by atoms with van der Waals surface area (Å²) < 4.78 is 0. The van der Waals surface area contributed by atoms with E-state index >= 15 is 0 Å². The fourth-order valence-electron chi connectivity index (χ4n) is 2.49. The van der Waals surface area contributed by atoms with Gasteiger partial charge in [0.15, 0.2) is 0 Å². The molecule has 0 unspecified atom stereocenters. The molecule has 0 amide bonds. The van der Waals surface area contributed by atoms with Crippen molar-refractivity contribution in [1.82, 2.24) is 0 Å². The van der Waals surface area contributed by atoms with E-state index in [4.69, 9.17) is 0 Å². The minimum atomic E-state index is 0. The maximum Gasteiger partial charge on any atom is 0 e. The van der Waals surface area contributed by atoms with Crippen molar-refractivity contribution in [2.24, 2.45) is 0 Å². The standard InChI is InChI=1S/2C10H14.2C4H9.2C2H6.3CH4.2CH3.2Y.H2/c2*1-3-9-7-5-6-8-10(9)4-2;2*1-3-4-2;2*1-2;;;;;;;;/h2*5-8H,3-4H2,1-2H3;2*1,3-4H2,2H3;2*1-2H3;3*1H4;2*1H3;;;1H/q;;2*-1;;;;;;2*-1;;;/i;;;;;;;;;;;;;1+1. The maximum atomic E-state index is 3.60. The molecule has 236 valence electrons. The zero-order valence-corrected chi connectivity index (χ0v) is 32.5. The smallest absolute Gasteiger partial charge is 0 e. The van der Waals surface area contributed by atoms with Crippen molar-refractivity contribution in [1.29, 1.82) is 0 Å². The van der Waals surface area contributed by atoms with Crippen LogP contribution >= 0.6 is 0 Å². The van der Waals surface area contributed by atoms with Gasteiger partial charge < -0.3 is 28.7 Å². The minimum absolute atomic E-state index is 0. The van der Waals surface area contributed by atoms with Crippen LogP contribution in [-0.4, -0.2) is 0 Å². The summed E-state index contributed by atoms with van der Waals surface area (Å²) in [6.45, 7) is 28.3. The van der Waals surface area contributed by atoms with Crippen molar-refractivity contribution in [3.8, 4) is 0 Å². The van der Waals surface area contributed by atoms with E-state index in [1.54, 1.807) is 0 Å². The molecule has 0 aromatic heterocycles. The van der Waals surface area contributed by atoms with Crippen LogP contribution < -0.4 is 0 Å². The predicted octanol–water partition coefficient (Wildman–Crippen LogP) is 14.0. The van der Waals surface area contributed by atoms with Gasteiger partial charge in [-0.15, -0.1) is 0 Å². The quantitative estimate of drug-likeness (QED) is 0.263. The molecule has 39 heavy (non-hydrogen) atoms. The van der Waals surface area contributed by atoms with Crippen molar-refractivity contribution in [3.05, 3.63) is 99.5 Å². The van der Waals surface area contributed by atoms with Gasteiger partial charge in [-0.3, -0.25) is 0 Å². The monoisotopic (exact) mass is 701 g/mol. The first-order valence-corrected chi connectivity index (χ1v) is 13.3. The number of rotatable bonds is 6. The Morgan fingerprint density at radius 3 is 0.667 bits per heavy atom. The van der Waals surface area contributed by atoms with E-state index in [1.165, 1.54) is 35.1 Å². The Bertz CT molecular complexity index is 470. The van der Waals surface area contributed by atoms with Crippen LogP contribution in [0.3, 0.4) is 0 Å². The molecule has 0 saturated heterocycles. The molecule has 0 atom stereocenters. The molecule has 0 aliphatic rings. The van der Waals surface area contributed by atoms with Crippen molar-refractivity contribution in [3.63, 3.8) is 0 Å². The SMILES string of the molecule is C.C.C.CC.CC.CCc1ccccc1CC.CCc1ccccc1CC.[2HH].[CH2-]CCC.[CH2-]CCC.[CH3-].[CH3-].[Y].[Y]. The van der Waals surface area contributed by atoms with Crippen LogP contribution in [0, 0.1) is 28.7 Å². The third kappa shape index (κ3) is 48.7. The summed E-state index contributed by atoms with van der Waals surface area (Å²) in [6.07, 6.45) is 9.18. The normalized spacial score (nSPS) is 6.87. The van der Waals surface area contributed by atoms with Crippen molar-refractivity contribution in [2.45, 2.75) is 143 Å². The van der Waals surface area contributed by atoms with Crippen LogP contribution in [0.5, 0.6) is 0 Å². The topological polar surface area (TPSA) is 0 Å². The van der Waals surface area contributed by atoms with Gasteiger partial charge in [-0.1, -0.05) is 153 Å². The first-order valence-electron chi connectivity index (χ1n) is 13.3. The zero-order chi connectivity index (χ0) is 25.6. The number of benzene rings is 2. The summed E-state index contributed by atoms with van der Waals surface area (Å²) in [7, 11) is 0. The Morgan fingerprint density at radius 2 is 0.590 bits per heavy atom. The Kier molecular flexibility index (Phi) is 123. The van der Waals surface area contributed by atoms with Crippen molar-refractivity contribution < 1.29 is 66.8 Å². The summed E-state index contributed by atoms with van der Waals surface area (Å²) >= 11 is 0. The molecule has 0 N–H and O–H groups in total. The summed E-state index contributed by atoms with van der Waals surface area (Å²) in [5.41, 5.74) is 5.96. The summed E-state index contributed by atoms with van der Waals surface area (Å²) in [5, 5.41) is 0. The van der Waals surface area contributed by atoms with Gasteiger partial charge in [-0.2, -0.15) is 12.8 Å². The van der Waals surface area contributed by atoms with Crippen molar-refractivity contribution >= 4 is 0 Å². The number of aryl methyl sites for hydroxylation is 4. The van der Waals surface area contributed by atoms with Crippen LogP contribution in [0.15, 0.2) is 48.5 Å². The first-order chi connectivity index (χ1) is 15.6. The van der Waals surface area contributed by atoms with E-state index in [2.05, 4.69) is 104 Å². The molecule has 0 fully saturated rings. The van der Waals surface area contributed by atoms with E-state index < -0.39 is 0 Å². The van der Waals surface area contributed by atoms with E-state index in [9.17, 15) is 0 Å². The number of hydrogen-bond acceptors (Lipinski definition) is 0.